The van der Waals surface area contributed by atoms with E-state index in [0.29, 0.717) is 22.3 Å². The van der Waals surface area contributed by atoms with Crippen molar-refractivity contribution in [2.45, 2.75) is 20.0 Å². The molecule has 2 N–H and O–H groups in total. The van der Waals surface area contributed by atoms with Gasteiger partial charge in [-0.05, 0) is 38.1 Å². The maximum absolute atomic E-state index is 10.6. The Hall–Kier alpha value is -2.03. The van der Waals surface area contributed by atoms with E-state index in [2.05, 4.69) is 27.0 Å². The SMILES string of the molecule is C=N/C(=C\SCNc1ccc(C=O)cn1)c1sc(C(C)O)nc1C. The Balaban J connectivity index is 1.98. The Labute approximate surface area is 148 Å². The van der Waals surface area contributed by atoms with E-state index in [-0.39, 0.29) is 0 Å². The van der Waals surface area contributed by atoms with Gasteiger partial charge in [-0.2, -0.15) is 0 Å². The topological polar surface area (TPSA) is 87.5 Å². The maximum Gasteiger partial charge on any atom is 0.151 e. The first-order valence-corrected chi connectivity index (χ1v) is 9.01. The molecule has 0 radical (unpaired) electrons. The van der Waals surface area contributed by atoms with Crippen LogP contribution in [0.2, 0.25) is 0 Å². The monoisotopic (exact) mass is 362 g/mol. The van der Waals surface area contributed by atoms with Gasteiger partial charge in [0.2, 0.25) is 0 Å². The van der Waals surface area contributed by atoms with E-state index in [1.54, 1.807) is 19.1 Å². The molecule has 0 amide bonds. The highest BCUT2D eigenvalue weighted by Crippen LogP contribution is 2.31. The molecule has 1 unspecified atom stereocenters. The molecule has 0 spiro atoms. The molecule has 0 fully saturated rings. The van der Waals surface area contributed by atoms with Crippen molar-refractivity contribution in [1.82, 2.24) is 9.97 Å². The number of thioether (sulfide) groups is 1. The summed E-state index contributed by atoms with van der Waals surface area (Å²) in [5.74, 6) is 1.29. The molecule has 0 aliphatic rings. The van der Waals surface area contributed by atoms with Crippen LogP contribution < -0.4 is 5.32 Å². The van der Waals surface area contributed by atoms with Crippen LogP contribution in [0.5, 0.6) is 0 Å². The van der Waals surface area contributed by atoms with E-state index in [1.165, 1.54) is 29.3 Å². The van der Waals surface area contributed by atoms with Gasteiger partial charge in [0.25, 0.3) is 0 Å². The molecule has 8 heteroatoms. The fraction of sp³-hybridized carbons (Fsp3) is 0.250. The van der Waals surface area contributed by atoms with Gasteiger partial charge in [-0.3, -0.25) is 9.79 Å². The summed E-state index contributed by atoms with van der Waals surface area (Å²) in [5, 5.41) is 15.3. The van der Waals surface area contributed by atoms with Gasteiger partial charge in [-0.15, -0.1) is 23.1 Å². The van der Waals surface area contributed by atoms with E-state index in [9.17, 15) is 9.90 Å². The Morgan fingerprint density at radius 1 is 1.58 bits per heavy atom. The second-order valence-corrected chi connectivity index (χ2v) is 6.77. The number of anilines is 1. The molecule has 2 heterocycles. The van der Waals surface area contributed by atoms with Gasteiger partial charge < -0.3 is 10.4 Å². The number of rotatable bonds is 8. The largest absolute Gasteiger partial charge is 0.386 e. The van der Waals surface area contributed by atoms with Gasteiger partial charge in [0.1, 0.15) is 16.9 Å². The van der Waals surface area contributed by atoms with E-state index >= 15 is 0 Å². The summed E-state index contributed by atoms with van der Waals surface area (Å²) < 4.78 is 0. The third-order valence-electron chi connectivity index (χ3n) is 3.03. The van der Waals surface area contributed by atoms with Gasteiger partial charge in [-0.1, -0.05) is 0 Å². The molecule has 2 rings (SSSR count). The zero-order valence-electron chi connectivity index (χ0n) is 13.4. The zero-order valence-corrected chi connectivity index (χ0v) is 15.0. The zero-order chi connectivity index (χ0) is 17.5. The molecule has 0 saturated carbocycles. The summed E-state index contributed by atoms with van der Waals surface area (Å²) in [6.07, 6.45) is 1.68. The molecule has 126 valence electrons. The maximum atomic E-state index is 10.6. The molecule has 0 saturated heterocycles. The number of aryl methyl sites for hydroxylation is 1. The quantitative estimate of drug-likeness (QED) is 0.323. The number of hydrogen-bond donors (Lipinski definition) is 2. The summed E-state index contributed by atoms with van der Waals surface area (Å²) in [7, 11) is 0. The lowest BCUT2D eigenvalue weighted by molar-refractivity contribution is 0.112. The first kappa shape index (κ1) is 18.3. The van der Waals surface area contributed by atoms with Crippen LogP contribution in [-0.4, -0.2) is 34.0 Å². The lowest BCUT2D eigenvalue weighted by Gasteiger charge is -2.04. The van der Waals surface area contributed by atoms with E-state index in [1.807, 2.05) is 12.3 Å². The fourth-order valence-corrected chi connectivity index (χ4v) is 3.54. The summed E-state index contributed by atoms with van der Waals surface area (Å²) in [5.41, 5.74) is 2.10. The van der Waals surface area contributed by atoms with Crippen LogP contribution in [-0.2, 0) is 0 Å². The average molecular weight is 362 g/mol. The third-order valence-corrected chi connectivity index (χ3v) is 5.08. The van der Waals surface area contributed by atoms with Gasteiger partial charge >= 0.3 is 0 Å². The Morgan fingerprint density at radius 2 is 2.38 bits per heavy atom. The van der Waals surface area contributed by atoms with Gasteiger partial charge in [-0.25, -0.2) is 9.97 Å². The standard InChI is InChI=1S/C16H18N4O2S2/c1-10-15(24-16(20-10)11(2)22)13(17-3)8-23-9-19-14-5-4-12(7-21)6-18-14/h4-8,11,22H,3,9H2,1-2H3,(H,18,19)/b13-8-. The lowest BCUT2D eigenvalue weighted by Crippen LogP contribution is -1.99. The molecule has 1 atom stereocenters. The molecule has 2 aromatic heterocycles. The Kier molecular flexibility index (Phi) is 6.65. The normalized spacial score (nSPS) is 12.7. The number of carbonyl (C=O) groups excluding carboxylic acids is 1. The number of pyridine rings is 1. The molecule has 0 bridgehead atoms. The first-order valence-electron chi connectivity index (χ1n) is 7.14. The van der Waals surface area contributed by atoms with Crippen LogP contribution in [0.3, 0.4) is 0 Å². The predicted octanol–water partition coefficient (Wildman–Crippen LogP) is 3.51. The van der Waals surface area contributed by atoms with Gasteiger partial charge in [0.15, 0.2) is 6.29 Å². The fourth-order valence-electron chi connectivity index (χ4n) is 1.81. The predicted molar refractivity (Wildman–Crippen MR) is 101 cm³/mol. The molecule has 0 aliphatic heterocycles. The average Bonchev–Trinajstić information content (AvgIpc) is 2.97. The van der Waals surface area contributed by atoms with Crippen LogP contribution in [0, 0.1) is 6.92 Å². The second kappa shape index (κ2) is 8.72. The van der Waals surface area contributed by atoms with Crippen LogP contribution >= 0.6 is 23.1 Å². The molecule has 0 aromatic carbocycles. The van der Waals surface area contributed by atoms with Crippen molar-refractivity contribution in [2.24, 2.45) is 4.99 Å². The van der Waals surface area contributed by atoms with Gasteiger partial charge in [0, 0.05) is 11.8 Å². The highest BCUT2D eigenvalue weighted by Gasteiger charge is 2.14. The molecular formula is C16H18N4O2S2. The lowest BCUT2D eigenvalue weighted by atomic mass is 10.3. The van der Waals surface area contributed by atoms with Crippen molar-refractivity contribution >= 4 is 47.6 Å². The number of carbonyl (C=O) groups is 1. The number of aliphatic hydroxyl groups excluding tert-OH is 1. The van der Waals surface area contributed by atoms with Crippen molar-refractivity contribution in [3.05, 3.63) is 44.9 Å². The minimum atomic E-state index is -0.594. The number of aldehydes is 1. The number of nitrogens with one attached hydrogen (secondary N) is 1. The number of aliphatic hydroxyl groups is 1. The van der Waals surface area contributed by atoms with Crippen molar-refractivity contribution in [3.8, 4) is 0 Å². The molecule has 2 aromatic rings. The van der Waals surface area contributed by atoms with Gasteiger partial charge in [0.05, 0.1) is 22.1 Å². The minimum Gasteiger partial charge on any atom is -0.386 e. The second-order valence-electron chi connectivity index (χ2n) is 4.89. The van der Waals surface area contributed by atoms with Crippen molar-refractivity contribution in [3.63, 3.8) is 0 Å². The number of thiazole rings is 1. The third kappa shape index (κ3) is 4.73. The van der Waals surface area contributed by atoms with Crippen molar-refractivity contribution in [2.75, 3.05) is 11.2 Å². The number of hydrogen-bond acceptors (Lipinski definition) is 8. The first-order chi connectivity index (χ1) is 11.5. The minimum absolute atomic E-state index is 0.542. The van der Waals surface area contributed by atoms with Crippen LogP contribution in [0.4, 0.5) is 5.82 Å². The number of aliphatic imine (C=N–C) groups is 1. The Morgan fingerprint density at radius 3 is 2.92 bits per heavy atom. The molecule has 6 nitrogen and oxygen atoms in total. The van der Waals surface area contributed by atoms with Crippen LogP contribution in [0.15, 0.2) is 28.7 Å². The number of aromatic nitrogens is 2. The highest BCUT2D eigenvalue weighted by atomic mass is 32.2. The summed E-state index contributed by atoms with van der Waals surface area (Å²) in [4.78, 5) is 24.0. The molecule has 0 aliphatic carbocycles. The summed E-state index contributed by atoms with van der Waals surface area (Å²) in [6.45, 7) is 7.18. The highest BCUT2D eigenvalue weighted by molar-refractivity contribution is 8.02. The number of nitrogens with zero attached hydrogens (tertiary/aromatic N) is 3. The molecular weight excluding hydrogens is 344 g/mol. The van der Waals surface area contributed by atoms with E-state index < -0.39 is 6.10 Å². The molecule has 24 heavy (non-hydrogen) atoms. The summed E-state index contributed by atoms with van der Waals surface area (Å²) in [6, 6.07) is 3.46. The van der Waals surface area contributed by atoms with Crippen LogP contribution in [0.25, 0.3) is 5.70 Å². The van der Waals surface area contributed by atoms with Crippen LogP contribution in [0.1, 0.15) is 39.0 Å². The van der Waals surface area contributed by atoms with E-state index in [4.69, 9.17) is 0 Å². The smallest absolute Gasteiger partial charge is 0.151 e. The summed E-state index contributed by atoms with van der Waals surface area (Å²) >= 11 is 2.93. The van der Waals surface area contributed by atoms with E-state index in [0.717, 1.165) is 22.6 Å². The Bertz CT molecular complexity index is 739. The van der Waals surface area contributed by atoms with Crippen molar-refractivity contribution < 1.29 is 9.90 Å². The van der Waals surface area contributed by atoms with Crippen molar-refractivity contribution in [1.29, 1.82) is 0 Å².